The molecule has 1 N–H and O–H groups in total. The van der Waals surface area contributed by atoms with Gasteiger partial charge in [-0.15, -0.1) is 0 Å². The maximum absolute atomic E-state index is 11.7. The van der Waals surface area contributed by atoms with Crippen molar-refractivity contribution in [3.63, 3.8) is 0 Å². The molecule has 6 heteroatoms. The van der Waals surface area contributed by atoms with Crippen LogP contribution < -0.4 is 5.32 Å². The van der Waals surface area contributed by atoms with E-state index in [0.29, 0.717) is 51.4 Å². The zero-order valence-electron chi connectivity index (χ0n) is 18.8. The van der Waals surface area contributed by atoms with Gasteiger partial charge in [0.25, 0.3) is 0 Å². The number of ether oxygens (including phenoxy) is 3. The van der Waals surface area contributed by atoms with Gasteiger partial charge >= 0.3 is 0 Å². The minimum absolute atomic E-state index is 0. The Kier molecular flexibility index (Phi) is 17.4. The summed E-state index contributed by atoms with van der Waals surface area (Å²) in [5.74, 6) is 0.288. The average Bonchev–Trinajstić information content (AvgIpc) is 2.70. The van der Waals surface area contributed by atoms with Crippen molar-refractivity contribution in [2.75, 3.05) is 33.0 Å². The van der Waals surface area contributed by atoms with Crippen LogP contribution >= 0.6 is 0 Å². The molecule has 0 saturated heterocycles. The Morgan fingerprint density at radius 2 is 1.57 bits per heavy atom. The van der Waals surface area contributed by atoms with Gasteiger partial charge in [-0.3, -0.25) is 9.59 Å². The lowest BCUT2D eigenvalue weighted by molar-refractivity contribution is -0.124. The zero-order chi connectivity index (χ0) is 21.2. The summed E-state index contributed by atoms with van der Waals surface area (Å²) in [5, 5.41) is 2.83. The smallest absolute Gasteiger partial charge is 0.220 e. The predicted octanol–water partition coefficient (Wildman–Crippen LogP) is 4.15. The van der Waals surface area contributed by atoms with Crippen LogP contribution in [0.15, 0.2) is 0 Å². The van der Waals surface area contributed by atoms with E-state index in [4.69, 9.17) is 14.2 Å². The Hall–Kier alpha value is -0.980. The Morgan fingerprint density at radius 3 is 2.14 bits per heavy atom. The van der Waals surface area contributed by atoms with Gasteiger partial charge in [0.2, 0.25) is 5.91 Å². The summed E-state index contributed by atoms with van der Waals surface area (Å²) in [6, 6.07) is 0. The second-order valence-electron chi connectivity index (χ2n) is 7.16. The van der Waals surface area contributed by atoms with E-state index in [0.717, 1.165) is 38.7 Å². The van der Waals surface area contributed by atoms with Crippen LogP contribution in [0.3, 0.4) is 0 Å². The number of nitrogens with one attached hydrogen (secondary N) is 1. The first-order valence-electron chi connectivity index (χ1n) is 11.1. The Morgan fingerprint density at radius 1 is 0.964 bits per heavy atom. The van der Waals surface area contributed by atoms with Crippen molar-refractivity contribution in [2.24, 2.45) is 5.92 Å². The van der Waals surface area contributed by atoms with Gasteiger partial charge in [-0.2, -0.15) is 0 Å². The fourth-order valence-electron chi connectivity index (χ4n) is 3.00. The van der Waals surface area contributed by atoms with E-state index in [1.165, 1.54) is 0 Å². The highest BCUT2D eigenvalue weighted by molar-refractivity contribution is 5.80. The predicted molar refractivity (Wildman–Crippen MR) is 115 cm³/mol. The number of Topliss-reactive ketones (excluding diaryl/α,β-unsaturated/α-hetero) is 1. The van der Waals surface area contributed by atoms with Gasteiger partial charge in [-0.25, -0.2) is 0 Å². The largest absolute Gasteiger partial charge is 0.379 e. The minimum atomic E-state index is 0. The topological polar surface area (TPSA) is 73.9 Å². The van der Waals surface area contributed by atoms with Gasteiger partial charge in [0.15, 0.2) is 0 Å². The second kappa shape index (κ2) is 18.1. The Bertz CT molecular complexity index is 399. The van der Waals surface area contributed by atoms with Crippen LogP contribution in [-0.2, 0) is 23.8 Å². The van der Waals surface area contributed by atoms with Gasteiger partial charge in [-0.1, -0.05) is 27.7 Å². The third kappa shape index (κ3) is 14.1. The molecular weight excluding hydrogens is 358 g/mol. The van der Waals surface area contributed by atoms with E-state index in [-0.39, 0.29) is 19.0 Å². The molecule has 0 aliphatic heterocycles. The van der Waals surface area contributed by atoms with Crippen molar-refractivity contribution in [2.45, 2.75) is 91.8 Å². The lowest BCUT2D eigenvalue weighted by atomic mass is 9.95. The highest BCUT2D eigenvalue weighted by Gasteiger charge is 2.21. The highest BCUT2D eigenvalue weighted by Crippen LogP contribution is 2.23. The van der Waals surface area contributed by atoms with E-state index in [9.17, 15) is 9.59 Å². The molecule has 0 heterocycles. The van der Waals surface area contributed by atoms with Gasteiger partial charge < -0.3 is 19.5 Å². The van der Waals surface area contributed by atoms with Crippen molar-refractivity contribution in [1.82, 2.24) is 5.32 Å². The van der Waals surface area contributed by atoms with Crippen molar-refractivity contribution >= 4 is 11.7 Å². The van der Waals surface area contributed by atoms with E-state index in [2.05, 4.69) is 5.32 Å². The lowest BCUT2D eigenvalue weighted by Gasteiger charge is -2.28. The SMILES string of the molecule is CC.CCOC1CCC(OCCCC(=O)NCCOCCC(=O)C(C)C)CC1.[HH]. The summed E-state index contributed by atoms with van der Waals surface area (Å²) < 4.78 is 16.9. The van der Waals surface area contributed by atoms with Gasteiger partial charge in [-0.05, 0) is 39.0 Å². The molecule has 168 valence electrons. The van der Waals surface area contributed by atoms with Crippen LogP contribution in [-0.4, -0.2) is 56.9 Å². The quantitative estimate of drug-likeness (QED) is 0.441. The van der Waals surface area contributed by atoms with E-state index >= 15 is 0 Å². The summed E-state index contributed by atoms with van der Waals surface area (Å²) in [4.78, 5) is 23.2. The third-order valence-electron chi connectivity index (χ3n) is 4.63. The fourth-order valence-corrected chi connectivity index (χ4v) is 3.00. The molecule has 1 aliphatic rings. The van der Waals surface area contributed by atoms with Crippen LogP contribution in [0.1, 0.15) is 81.0 Å². The molecule has 0 aromatic rings. The third-order valence-corrected chi connectivity index (χ3v) is 4.63. The molecule has 0 unspecified atom stereocenters. The van der Waals surface area contributed by atoms with E-state index in [1.54, 1.807) is 0 Å². The van der Waals surface area contributed by atoms with E-state index in [1.807, 2.05) is 34.6 Å². The van der Waals surface area contributed by atoms with Crippen LogP contribution in [0.5, 0.6) is 0 Å². The molecule has 28 heavy (non-hydrogen) atoms. The van der Waals surface area contributed by atoms with Crippen LogP contribution in [0.25, 0.3) is 0 Å². The number of amides is 1. The summed E-state index contributed by atoms with van der Waals surface area (Å²) in [6.07, 6.45) is 6.61. The Balaban J connectivity index is 0. The van der Waals surface area contributed by atoms with Crippen molar-refractivity contribution in [3.05, 3.63) is 0 Å². The molecule has 6 nitrogen and oxygen atoms in total. The molecule has 1 fully saturated rings. The molecule has 0 spiro atoms. The molecule has 0 aromatic carbocycles. The number of hydrogen-bond donors (Lipinski definition) is 1. The van der Waals surface area contributed by atoms with Crippen molar-refractivity contribution in [3.8, 4) is 0 Å². The monoisotopic (exact) mass is 403 g/mol. The molecule has 0 radical (unpaired) electrons. The first-order chi connectivity index (χ1) is 13.5. The minimum Gasteiger partial charge on any atom is -0.379 e. The first kappa shape index (κ1) is 27.0. The van der Waals surface area contributed by atoms with Crippen molar-refractivity contribution in [1.29, 1.82) is 0 Å². The number of ketones is 1. The maximum atomic E-state index is 11.7. The number of rotatable bonds is 14. The Labute approximate surface area is 173 Å². The standard InChI is InChI=1S/C20H37NO5.C2H6.H2/c1-4-25-17-7-9-18(10-8-17)26-13-5-6-20(23)21-12-15-24-14-11-19(22)16(2)3;1-2;/h16-18H,4-15H2,1-3H3,(H,21,23);1-2H3;1H. The van der Waals surface area contributed by atoms with Crippen LogP contribution in [0, 0.1) is 5.92 Å². The van der Waals surface area contributed by atoms with Gasteiger partial charge in [0, 0.05) is 39.9 Å². The molecule has 1 amide bonds. The van der Waals surface area contributed by atoms with Crippen LogP contribution in [0.2, 0.25) is 0 Å². The van der Waals surface area contributed by atoms with Crippen LogP contribution in [0.4, 0.5) is 0 Å². The molecular formula is C22H45NO5. The maximum Gasteiger partial charge on any atom is 0.220 e. The molecule has 1 aliphatic carbocycles. The molecule has 1 saturated carbocycles. The lowest BCUT2D eigenvalue weighted by Crippen LogP contribution is -2.28. The summed E-state index contributed by atoms with van der Waals surface area (Å²) >= 11 is 0. The summed E-state index contributed by atoms with van der Waals surface area (Å²) in [5.41, 5.74) is 0. The van der Waals surface area contributed by atoms with Gasteiger partial charge in [0.1, 0.15) is 5.78 Å². The molecule has 0 aromatic heterocycles. The normalized spacial score (nSPS) is 19.1. The summed E-state index contributed by atoms with van der Waals surface area (Å²) in [6.45, 7) is 12.6. The number of carbonyl (C=O) groups is 2. The highest BCUT2D eigenvalue weighted by atomic mass is 16.5. The molecule has 0 atom stereocenters. The summed E-state index contributed by atoms with van der Waals surface area (Å²) in [7, 11) is 0. The number of carbonyl (C=O) groups excluding carboxylic acids is 2. The molecule has 1 rings (SSSR count). The molecule has 0 bridgehead atoms. The number of hydrogen-bond acceptors (Lipinski definition) is 5. The second-order valence-corrected chi connectivity index (χ2v) is 7.16. The first-order valence-corrected chi connectivity index (χ1v) is 11.1. The van der Waals surface area contributed by atoms with Crippen molar-refractivity contribution < 1.29 is 25.2 Å². The van der Waals surface area contributed by atoms with Gasteiger partial charge in [0.05, 0.1) is 25.4 Å². The van der Waals surface area contributed by atoms with E-state index < -0.39 is 0 Å². The average molecular weight is 404 g/mol. The fraction of sp³-hybridized carbons (Fsp3) is 0.909. The zero-order valence-corrected chi connectivity index (χ0v) is 18.8.